The lowest BCUT2D eigenvalue weighted by Gasteiger charge is -2.23. The smallest absolute Gasteiger partial charge is 0.351 e. The number of hydrogen-bond acceptors (Lipinski definition) is 2. The molecule has 1 N–H and O–H groups in total. The van der Waals surface area contributed by atoms with Crippen molar-refractivity contribution in [3.63, 3.8) is 0 Å². The lowest BCUT2D eigenvalue weighted by molar-refractivity contribution is -0.138. The van der Waals surface area contributed by atoms with Crippen LogP contribution in [0.25, 0.3) is 0 Å². The van der Waals surface area contributed by atoms with Crippen molar-refractivity contribution >= 4 is 17.5 Å². The zero-order chi connectivity index (χ0) is 17.4. The van der Waals surface area contributed by atoms with Gasteiger partial charge in [0.15, 0.2) is 0 Å². The first-order valence-electron chi connectivity index (χ1n) is 7.30. The summed E-state index contributed by atoms with van der Waals surface area (Å²) in [6.07, 6.45) is -4.18. The molecule has 4 nitrogen and oxygen atoms in total. The van der Waals surface area contributed by atoms with Crippen LogP contribution in [0, 0.1) is 5.92 Å². The number of carbonyl (C=O) groups is 2. The third-order valence-corrected chi connectivity index (χ3v) is 3.51. The minimum atomic E-state index is -4.47. The van der Waals surface area contributed by atoms with Crippen LogP contribution in [0.5, 0.6) is 0 Å². The fourth-order valence-corrected chi connectivity index (χ4v) is 2.49. The molecule has 0 saturated carbocycles. The quantitative estimate of drug-likeness (QED) is 0.849. The number of nitrogens with zero attached hydrogens (tertiary/aromatic N) is 1. The van der Waals surface area contributed by atoms with Gasteiger partial charge in [-0.2, -0.15) is 13.2 Å². The maximum Gasteiger partial charge on any atom is 0.416 e. The first-order valence-corrected chi connectivity index (χ1v) is 7.30. The molecule has 0 radical (unpaired) electrons. The average Bonchev–Trinajstić information content (AvgIpc) is 2.78. The highest BCUT2D eigenvalue weighted by Crippen LogP contribution is 2.33. The predicted octanol–water partition coefficient (Wildman–Crippen LogP) is 2.97. The molecule has 23 heavy (non-hydrogen) atoms. The van der Waals surface area contributed by atoms with E-state index < -0.39 is 35.0 Å². The third kappa shape index (κ3) is 4.03. The number of nitrogens with one attached hydrogen (secondary N) is 1. The van der Waals surface area contributed by atoms with Gasteiger partial charge in [0, 0.05) is 17.8 Å². The second-order valence-electron chi connectivity index (χ2n) is 6.62. The zero-order valence-corrected chi connectivity index (χ0v) is 13.2. The number of hydrogen-bond donors (Lipinski definition) is 1. The van der Waals surface area contributed by atoms with Crippen LogP contribution in [0.1, 0.15) is 32.8 Å². The number of carbonyl (C=O) groups excluding carboxylic acids is 2. The van der Waals surface area contributed by atoms with Crippen LogP contribution in [-0.2, 0) is 15.8 Å². The summed E-state index contributed by atoms with van der Waals surface area (Å²) < 4.78 is 38.3. The van der Waals surface area contributed by atoms with E-state index in [1.54, 1.807) is 20.8 Å². The Balaban J connectivity index is 2.18. The van der Waals surface area contributed by atoms with Crippen molar-refractivity contribution in [3.05, 3.63) is 29.8 Å². The predicted molar refractivity (Wildman–Crippen MR) is 79.8 cm³/mol. The van der Waals surface area contributed by atoms with Crippen LogP contribution in [-0.4, -0.2) is 23.9 Å². The molecule has 2 amide bonds. The van der Waals surface area contributed by atoms with Gasteiger partial charge in [-0.15, -0.1) is 0 Å². The van der Waals surface area contributed by atoms with Crippen LogP contribution < -0.4 is 10.2 Å². The first-order chi connectivity index (χ1) is 10.5. The number of alkyl halides is 3. The Labute approximate surface area is 132 Å². The molecule has 126 valence electrons. The Morgan fingerprint density at radius 2 is 1.91 bits per heavy atom. The number of amides is 2. The standard InChI is InChI=1S/C16H19F3N2O2/c1-15(2,3)20-13(22)12-7-8-21(14(12)23)11-6-4-5-10(9-11)16(17,18)19/h4-6,9,12H,7-8H2,1-3H3,(H,20,22). The number of benzene rings is 1. The minimum absolute atomic E-state index is 0.163. The zero-order valence-electron chi connectivity index (χ0n) is 13.2. The fraction of sp³-hybridized carbons (Fsp3) is 0.500. The summed E-state index contributed by atoms with van der Waals surface area (Å²) in [7, 11) is 0. The van der Waals surface area contributed by atoms with Crippen LogP contribution in [0.15, 0.2) is 24.3 Å². The average molecular weight is 328 g/mol. The van der Waals surface area contributed by atoms with Gasteiger partial charge in [0.1, 0.15) is 5.92 Å². The van der Waals surface area contributed by atoms with Crippen molar-refractivity contribution in [2.45, 2.75) is 38.9 Å². The van der Waals surface area contributed by atoms with Crippen LogP contribution in [0.3, 0.4) is 0 Å². The molecule has 1 aromatic rings. The number of halogens is 3. The second-order valence-corrected chi connectivity index (χ2v) is 6.62. The van der Waals surface area contributed by atoms with E-state index in [-0.39, 0.29) is 18.7 Å². The lowest BCUT2D eigenvalue weighted by atomic mass is 10.0. The highest BCUT2D eigenvalue weighted by atomic mass is 19.4. The molecule has 0 bridgehead atoms. The van der Waals surface area contributed by atoms with Gasteiger partial charge in [-0.1, -0.05) is 6.07 Å². The van der Waals surface area contributed by atoms with Crippen molar-refractivity contribution in [1.82, 2.24) is 5.32 Å². The second kappa shape index (κ2) is 5.86. The Morgan fingerprint density at radius 3 is 2.48 bits per heavy atom. The highest BCUT2D eigenvalue weighted by Gasteiger charge is 2.39. The largest absolute Gasteiger partial charge is 0.416 e. The molecular formula is C16H19F3N2O2. The van der Waals surface area contributed by atoms with Crippen molar-refractivity contribution in [1.29, 1.82) is 0 Å². The van der Waals surface area contributed by atoms with Gasteiger partial charge in [-0.05, 0) is 45.4 Å². The van der Waals surface area contributed by atoms with Crippen LogP contribution >= 0.6 is 0 Å². The van der Waals surface area contributed by atoms with Crippen molar-refractivity contribution in [2.75, 3.05) is 11.4 Å². The fourth-order valence-electron chi connectivity index (χ4n) is 2.49. The van der Waals surface area contributed by atoms with Gasteiger partial charge in [0.05, 0.1) is 5.56 Å². The van der Waals surface area contributed by atoms with Gasteiger partial charge >= 0.3 is 6.18 Å². The third-order valence-electron chi connectivity index (χ3n) is 3.51. The Morgan fingerprint density at radius 1 is 1.26 bits per heavy atom. The maximum absolute atomic E-state index is 12.8. The Kier molecular flexibility index (Phi) is 4.41. The molecule has 1 fully saturated rings. The van der Waals surface area contributed by atoms with E-state index in [2.05, 4.69) is 5.32 Å². The topological polar surface area (TPSA) is 49.4 Å². The van der Waals surface area contributed by atoms with E-state index in [0.717, 1.165) is 12.1 Å². The molecule has 0 aliphatic carbocycles. The Bertz CT molecular complexity index is 620. The van der Waals surface area contributed by atoms with E-state index in [4.69, 9.17) is 0 Å². The maximum atomic E-state index is 12.8. The van der Waals surface area contributed by atoms with E-state index in [1.165, 1.54) is 17.0 Å². The molecule has 0 spiro atoms. The van der Waals surface area contributed by atoms with E-state index >= 15 is 0 Å². The summed E-state index contributed by atoms with van der Waals surface area (Å²) >= 11 is 0. The van der Waals surface area contributed by atoms with E-state index in [1.807, 2.05) is 0 Å². The van der Waals surface area contributed by atoms with Gasteiger partial charge in [0.25, 0.3) is 0 Å². The molecule has 1 aliphatic rings. The molecule has 1 aromatic carbocycles. The van der Waals surface area contributed by atoms with Gasteiger partial charge in [-0.25, -0.2) is 0 Å². The number of anilines is 1. The highest BCUT2D eigenvalue weighted by molar-refractivity contribution is 6.09. The van der Waals surface area contributed by atoms with E-state index in [0.29, 0.717) is 0 Å². The van der Waals surface area contributed by atoms with Gasteiger partial charge in [0.2, 0.25) is 11.8 Å². The van der Waals surface area contributed by atoms with E-state index in [9.17, 15) is 22.8 Å². The van der Waals surface area contributed by atoms with Crippen molar-refractivity contribution < 1.29 is 22.8 Å². The molecule has 1 unspecified atom stereocenters. The Hall–Kier alpha value is -2.05. The SMILES string of the molecule is CC(C)(C)NC(=O)C1CCN(c2cccc(C(F)(F)F)c2)C1=O. The molecule has 1 aliphatic heterocycles. The van der Waals surface area contributed by atoms with Crippen LogP contribution in [0.4, 0.5) is 18.9 Å². The molecule has 1 atom stereocenters. The van der Waals surface area contributed by atoms with Gasteiger partial charge < -0.3 is 10.2 Å². The molecule has 7 heteroatoms. The van der Waals surface area contributed by atoms with Gasteiger partial charge in [-0.3, -0.25) is 9.59 Å². The summed E-state index contributed by atoms with van der Waals surface area (Å²) in [6.45, 7) is 5.63. The normalized spacial score (nSPS) is 19.1. The minimum Gasteiger partial charge on any atom is -0.351 e. The molecular weight excluding hydrogens is 309 g/mol. The van der Waals surface area contributed by atoms with Crippen molar-refractivity contribution in [3.8, 4) is 0 Å². The van der Waals surface area contributed by atoms with Crippen molar-refractivity contribution in [2.24, 2.45) is 5.92 Å². The summed E-state index contributed by atoms with van der Waals surface area (Å²) in [6, 6.07) is 4.58. The summed E-state index contributed by atoms with van der Waals surface area (Å²) in [5, 5.41) is 2.73. The van der Waals surface area contributed by atoms with Crippen LogP contribution in [0.2, 0.25) is 0 Å². The first kappa shape index (κ1) is 17.3. The summed E-state index contributed by atoms with van der Waals surface area (Å²) in [5.74, 6) is -1.72. The molecule has 1 saturated heterocycles. The summed E-state index contributed by atoms with van der Waals surface area (Å²) in [4.78, 5) is 25.8. The molecule has 1 heterocycles. The lowest BCUT2D eigenvalue weighted by Crippen LogP contribution is -2.45. The molecule has 0 aromatic heterocycles. The number of rotatable bonds is 2. The molecule has 2 rings (SSSR count). The monoisotopic (exact) mass is 328 g/mol. The summed E-state index contributed by atoms with van der Waals surface area (Å²) in [5.41, 5.74) is -1.12.